The molecule has 1 aromatic heterocycles. The molecular weight excluding hydrogens is 200 g/mol. The summed E-state index contributed by atoms with van der Waals surface area (Å²) >= 11 is 5.81. The molecule has 0 radical (unpaired) electrons. The summed E-state index contributed by atoms with van der Waals surface area (Å²) < 4.78 is 0. The maximum absolute atomic E-state index is 8.29. The van der Waals surface area contributed by atoms with Crippen LogP contribution >= 0.6 is 11.6 Å². The first-order chi connectivity index (χ1) is 6.81. The van der Waals surface area contributed by atoms with E-state index in [9.17, 15) is 0 Å². The Bertz CT molecular complexity index is 531. The molecule has 68 valence electrons. The third-order valence-electron chi connectivity index (χ3n) is 1.81. The number of hydrogen-bond acceptors (Lipinski definition) is 2. The summed E-state index contributed by atoms with van der Waals surface area (Å²) in [6, 6.07) is 9.21. The van der Waals surface area contributed by atoms with E-state index < -0.39 is 0 Å². The largest absolute Gasteiger partial charge is 0.236 e. The zero-order valence-electron chi connectivity index (χ0n) is 7.05. The molecule has 0 aliphatic carbocycles. The smallest absolute Gasteiger partial charge is 0.139 e. The Balaban J connectivity index is 2.76. The molecule has 0 saturated heterocycles. The van der Waals surface area contributed by atoms with Crippen LogP contribution in [0.2, 0.25) is 5.15 Å². The van der Waals surface area contributed by atoms with E-state index in [2.05, 4.69) is 15.0 Å². The van der Waals surface area contributed by atoms with E-state index in [-0.39, 0.29) is 5.15 Å². The molecule has 4 nitrogen and oxygen atoms in total. The number of fused-ring (bicyclic) bond motifs is 1. The van der Waals surface area contributed by atoms with Crippen molar-refractivity contribution in [2.75, 3.05) is 0 Å². The lowest BCUT2D eigenvalue weighted by atomic mass is 10.2. The molecule has 0 atom stereocenters. The van der Waals surface area contributed by atoms with E-state index in [1.165, 1.54) is 0 Å². The lowest BCUT2D eigenvalue weighted by molar-refractivity contribution is 1.36. The van der Waals surface area contributed by atoms with E-state index in [4.69, 9.17) is 17.1 Å². The molecule has 0 saturated carbocycles. The summed E-state index contributed by atoms with van der Waals surface area (Å²) in [5.41, 5.74) is 9.43. The Morgan fingerprint density at radius 2 is 2.14 bits per heavy atom. The Hall–Kier alpha value is -1.77. The lowest BCUT2D eigenvalue weighted by Crippen LogP contribution is -1.79. The molecule has 2 rings (SSSR count). The van der Waals surface area contributed by atoms with Gasteiger partial charge in [0.1, 0.15) is 5.15 Å². The molecule has 0 N–H and O–H groups in total. The number of halogens is 1. The van der Waals surface area contributed by atoms with Gasteiger partial charge in [0.15, 0.2) is 0 Å². The van der Waals surface area contributed by atoms with Crippen LogP contribution in [0.1, 0.15) is 0 Å². The highest BCUT2D eigenvalue weighted by Gasteiger charge is 2.01. The Morgan fingerprint density at radius 1 is 1.36 bits per heavy atom. The molecule has 0 bridgehead atoms. The fourth-order valence-corrected chi connectivity index (χ4v) is 1.38. The third kappa shape index (κ3) is 1.48. The molecule has 2 aromatic rings. The van der Waals surface area contributed by atoms with Crippen molar-refractivity contribution >= 4 is 28.2 Å². The molecule has 0 aliphatic heterocycles. The fraction of sp³-hybridized carbons (Fsp3) is 0. The van der Waals surface area contributed by atoms with Gasteiger partial charge in [-0.3, -0.25) is 0 Å². The van der Waals surface area contributed by atoms with Crippen LogP contribution in [0, 0.1) is 0 Å². The summed E-state index contributed by atoms with van der Waals surface area (Å²) in [7, 11) is 0. The molecular formula is C9H5ClN4. The van der Waals surface area contributed by atoms with Crippen molar-refractivity contribution in [1.82, 2.24) is 4.98 Å². The van der Waals surface area contributed by atoms with Gasteiger partial charge in [-0.1, -0.05) is 34.9 Å². The maximum atomic E-state index is 8.29. The van der Waals surface area contributed by atoms with Gasteiger partial charge in [0.05, 0.1) is 11.2 Å². The number of rotatable bonds is 1. The van der Waals surface area contributed by atoms with E-state index in [0.29, 0.717) is 5.69 Å². The Labute approximate surface area is 84.8 Å². The van der Waals surface area contributed by atoms with Crippen molar-refractivity contribution in [3.8, 4) is 0 Å². The van der Waals surface area contributed by atoms with Crippen LogP contribution in [0.25, 0.3) is 21.3 Å². The number of hydrogen-bond donors (Lipinski definition) is 0. The molecule has 0 amide bonds. The van der Waals surface area contributed by atoms with Gasteiger partial charge < -0.3 is 0 Å². The third-order valence-corrected chi connectivity index (χ3v) is 2.09. The van der Waals surface area contributed by atoms with Gasteiger partial charge in [-0.2, -0.15) is 0 Å². The maximum Gasteiger partial charge on any atom is 0.139 e. The summed E-state index contributed by atoms with van der Waals surface area (Å²) in [5.74, 6) is 0. The highest BCUT2D eigenvalue weighted by molar-refractivity contribution is 6.32. The van der Waals surface area contributed by atoms with Gasteiger partial charge in [-0.05, 0) is 17.7 Å². The Morgan fingerprint density at radius 3 is 2.93 bits per heavy atom. The average molecular weight is 205 g/mol. The first kappa shape index (κ1) is 8.81. The minimum absolute atomic E-state index is 0.224. The van der Waals surface area contributed by atoms with Crippen LogP contribution in [0.3, 0.4) is 0 Å². The minimum atomic E-state index is 0.224. The van der Waals surface area contributed by atoms with Crippen LogP contribution in [-0.2, 0) is 0 Å². The standard InChI is InChI=1S/C9H5ClN4/c10-9-8(13-14-11)5-6-3-1-2-4-7(6)12-9/h1-5H. The quantitative estimate of drug-likeness (QED) is 0.301. The van der Waals surface area contributed by atoms with Crippen LogP contribution in [0.5, 0.6) is 0 Å². The molecule has 0 spiro atoms. The van der Waals surface area contributed by atoms with Gasteiger partial charge >= 0.3 is 0 Å². The molecule has 14 heavy (non-hydrogen) atoms. The van der Waals surface area contributed by atoms with E-state index in [1.54, 1.807) is 6.07 Å². The first-order valence-electron chi connectivity index (χ1n) is 3.91. The number of benzene rings is 1. The minimum Gasteiger partial charge on any atom is -0.236 e. The van der Waals surface area contributed by atoms with E-state index in [0.717, 1.165) is 10.9 Å². The second-order valence-electron chi connectivity index (χ2n) is 2.68. The van der Waals surface area contributed by atoms with Crippen molar-refractivity contribution in [3.63, 3.8) is 0 Å². The molecule has 0 fully saturated rings. The van der Waals surface area contributed by atoms with Crippen molar-refractivity contribution in [2.45, 2.75) is 0 Å². The highest BCUT2D eigenvalue weighted by atomic mass is 35.5. The van der Waals surface area contributed by atoms with Crippen LogP contribution in [0.4, 0.5) is 5.69 Å². The molecule has 5 heteroatoms. The van der Waals surface area contributed by atoms with Gasteiger partial charge in [-0.25, -0.2) is 4.98 Å². The van der Waals surface area contributed by atoms with E-state index >= 15 is 0 Å². The number of nitrogens with zero attached hydrogens (tertiary/aromatic N) is 4. The van der Waals surface area contributed by atoms with Crippen molar-refractivity contribution in [1.29, 1.82) is 0 Å². The fourth-order valence-electron chi connectivity index (χ4n) is 1.20. The van der Waals surface area contributed by atoms with Crippen LogP contribution in [0.15, 0.2) is 35.4 Å². The molecule has 0 aliphatic rings. The second-order valence-corrected chi connectivity index (χ2v) is 3.04. The van der Waals surface area contributed by atoms with Crippen molar-refractivity contribution in [3.05, 3.63) is 45.9 Å². The summed E-state index contributed by atoms with van der Waals surface area (Å²) in [6.45, 7) is 0. The topological polar surface area (TPSA) is 61.7 Å². The summed E-state index contributed by atoms with van der Waals surface area (Å²) in [4.78, 5) is 6.77. The zero-order valence-corrected chi connectivity index (χ0v) is 7.81. The van der Waals surface area contributed by atoms with Crippen molar-refractivity contribution < 1.29 is 0 Å². The van der Waals surface area contributed by atoms with E-state index in [1.807, 2.05) is 24.3 Å². The monoisotopic (exact) mass is 204 g/mol. The molecule has 0 unspecified atom stereocenters. The van der Waals surface area contributed by atoms with Gasteiger partial charge in [-0.15, -0.1) is 0 Å². The predicted octanol–water partition coefficient (Wildman–Crippen LogP) is 3.83. The molecule has 1 heterocycles. The molecule has 1 aromatic carbocycles. The zero-order chi connectivity index (χ0) is 9.97. The normalized spacial score (nSPS) is 9.79. The predicted molar refractivity (Wildman–Crippen MR) is 55.6 cm³/mol. The second kappa shape index (κ2) is 3.54. The Kier molecular flexibility index (Phi) is 2.23. The SMILES string of the molecule is [N-]=[N+]=Nc1cc2ccccc2nc1Cl. The van der Waals surface area contributed by atoms with Gasteiger partial charge in [0.25, 0.3) is 0 Å². The van der Waals surface area contributed by atoms with Gasteiger partial charge in [0.2, 0.25) is 0 Å². The average Bonchev–Trinajstić information content (AvgIpc) is 2.19. The van der Waals surface area contributed by atoms with Gasteiger partial charge in [0, 0.05) is 10.3 Å². The van der Waals surface area contributed by atoms with Crippen LogP contribution in [-0.4, -0.2) is 4.98 Å². The number of aromatic nitrogens is 1. The highest BCUT2D eigenvalue weighted by Crippen LogP contribution is 2.27. The summed E-state index contributed by atoms with van der Waals surface area (Å²) in [6.07, 6.45) is 0. The van der Waals surface area contributed by atoms with Crippen molar-refractivity contribution in [2.24, 2.45) is 5.11 Å². The lowest BCUT2D eigenvalue weighted by Gasteiger charge is -1.99. The summed E-state index contributed by atoms with van der Waals surface area (Å²) in [5, 5.41) is 4.57. The first-order valence-corrected chi connectivity index (χ1v) is 4.29. The number of para-hydroxylation sites is 1. The number of azide groups is 1. The van der Waals surface area contributed by atoms with Crippen LogP contribution < -0.4 is 0 Å². The number of pyridine rings is 1.